The zero-order valence-electron chi connectivity index (χ0n) is 20.3. The zero-order valence-corrected chi connectivity index (χ0v) is 21.9. The molecular weight excluding hydrogens is 532 g/mol. The van der Waals surface area contributed by atoms with Crippen molar-refractivity contribution < 1.29 is 0 Å². The molecule has 0 saturated carbocycles. The van der Waals surface area contributed by atoms with Crippen LogP contribution in [0.5, 0.6) is 0 Å². The van der Waals surface area contributed by atoms with Crippen molar-refractivity contribution in [3.8, 4) is 39.3 Å². The minimum Gasteiger partial charge on any atom is -0.309 e. The minimum absolute atomic E-state index is 0.665. The zero-order chi connectivity index (χ0) is 25.5. The van der Waals surface area contributed by atoms with E-state index in [2.05, 4.69) is 139 Å². The predicted molar refractivity (Wildman–Crippen MR) is 158 cm³/mol. The fourth-order valence-corrected chi connectivity index (χ4v) is 5.50. The molecule has 0 aliphatic heterocycles. The summed E-state index contributed by atoms with van der Waals surface area (Å²) in [7, 11) is 0. The Morgan fingerprint density at radius 3 is 1.74 bits per heavy atom. The first-order valence-corrected chi connectivity index (χ1v) is 13.2. The van der Waals surface area contributed by atoms with Gasteiger partial charge in [-0.1, -0.05) is 94.8 Å². The quantitative estimate of drug-likeness (QED) is 0.219. The first kappa shape index (κ1) is 22.6. The fourth-order valence-electron chi connectivity index (χ4n) is 5.10. The second-order valence-corrected chi connectivity index (χ2v) is 10.1. The van der Waals surface area contributed by atoms with Crippen LogP contribution in [-0.2, 0) is 0 Å². The van der Waals surface area contributed by atoms with Crippen LogP contribution in [0, 0.1) is 0 Å². The molecule has 5 aromatic carbocycles. The number of hydrogen-bond acceptors (Lipinski definition) is 3. The van der Waals surface area contributed by atoms with Gasteiger partial charge in [-0.15, -0.1) is 0 Å². The third-order valence-electron chi connectivity index (χ3n) is 6.91. The summed E-state index contributed by atoms with van der Waals surface area (Å²) in [5.74, 6) is 0.665. The summed E-state index contributed by atoms with van der Waals surface area (Å²) >= 11 is 3.58. The molecule has 0 aliphatic rings. The second kappa shape index (κ2) is 9.36. The number of nitrogens with zero attached hydrogens (tertiary/aromatic N) is 4. The van der Waals surface area contributed by atoms with E-state index in [1.807, 2.05) is 12.1 Å². The lowest BCUT2D eigenvalue weighted by Gasteiger charge is -2.10. The highest BCUT2D eigenvalue weighted by atomic mass is 79.9. The molecule has 0 fully saturated rings. The highest BCUT2D eigenvalue weighted by molar-refractivity contribution is 9.10. The maximum absolute atomic E-state index is 4.37. The van der Waals surface area contributed by atoms with Crippen LogP contribution < -0.4 is 0 Å². The average molecular weight is 553 g/mol. The molecule has 38 heavy (non-hydrogen) atoms. The molecule has 2 heterocycles. The molecule has 0 saturated heterocycles. The summed E-state index contributed by atoms with van der Waals surface area (Å²) in [6.07, 6.45) is 3.07. The Bertz CT molecular complexity index is 1910. The molecule has 7 aromatic rings. The van der Waals surface area contributed by atoms with Crippen LogP contribution in [0.25, 0.3) is 61.1 Å². The maximum Gasteiger partial charge on any atom is 0.162 e. The fraction of sp³-hybridized carbons (Fsp3) is 0. The Morgan fingerprint density at radius 1 is 0.500 bits per heavy atom. The third kappa shape index (κ3) is 3.98. The minimum atomic E-state index is 0.665. The lowest BCUT2D eigenvalue weighted by atomic mass is 9.99. The molecular formula is C33H21BrN4. The van der Waals surface area contributed by atoms with Gasteiger partial charge in [0.2, 0.25) is 0 Å². The van der Waals surface area contributed by atoms with Crippen molar-refractivity contribution in [3.05, 3.63) is 132 Å². The molecule has 0 amide bonds. The summed E-state index contributed by atoms with van der Waals surface area (Å²) in [6.45, 7) is 0. The van der Waals surface area contributed by atoms with Gasteiger partial charge >= 0.3 is 0 Å². The molecule has 4 nitrogen and oxygen atoms in total. The van der Waals surface area contributed by atoms with Crippen LogP contribution in [0.2, 0.25) is 0 Å². The SMILES string of the molecule is Brc1cccc(-c2ccc(-c3ccc4c5ccc(-c6ncncn6)cc5n(-c5ccccc5)c4c3)cc2)c1. The Balaban J connectivity index is 1.40. The number of halogens is 1. The van der Waals surface area contributed by atoms with E-state index in [9.17, 15) is 0 Å². The Kier molecular flexibility index (Phi) is 5.56. The van der Waals surface area contributed by atoms with E-state index in [0.29, 0.717) is 5.82 Å². The van der Waals surface area contributed by atoms with Crippen LogP contribution in [-0.4, -0.2) is 19.5 Å². The number of para-hydroxylation sites is 1. The van der Waals surface area contributed by atoms with E-state index < -0.39 is 0 Å². The van der Waals surface area contributed by atoms with Gasteiger partial charge in [0.15, 0.2) is 5.82 Å². The molecule has 0 spiro atoms. The summed E-state index contributed by atoms with van der Waals surface area (Å²) in [5, 5.41) is 2.40. The van der Waals surface area contributed by atoms with Crippen LogP contribution in [0.1, 0.15) is 0 Å². The Hall–Kier alpha value is -4.61. The van der Waals surface area contributed by atoms with E-state index in [1.165, 1.54) is 45.7 Å². The number of benzene rings is 5. The monoisotopic (exact) mass is 552 g/mol. The first-order chi connectivity index (χ1) is 18.7. The number of rotatable bonds is 4. The van der Waals surface area contributed by atoms with E-state index in [0.717, 1.165) is 26.8 Å². The first-order valence-electron chi connectivity index (χ1n) is 12.4. The Labute approximate surface area is 228 Å². The Morgan fingerprint density at radius 2 is 1.08 bits per heavy atom. The summed E-state index contributed by atoms with van der Waals surface area (Å²) < 4.78 is 3.41. The van der Waals surface area contributed by atoms with Gasteiger partial charge in [-0.3, -0.25) is 0 Å². The van der Waals surface area contributed by atoms with Crippen molar-refractivity contribution in [2.45, 2.75) is 0 Å². The second-order valence-electron chi connectivity index (χ2n) is 9.18. The molecule has 0 atom stereocenters. The molecule has 2 aromatic heterocycles. The van der Waals surface area contributed by atoms with Crippen molar-refractivity contribution >= 4 is 37.7 Å². The number of aromatic nitrogens is 4. The molecule has 0 bridgehead atoms. The van der Waals surface area contributed by atoms with Gasteiger partial charge in [-0.25, -0.2) is 15.0 Å². The predicted octanol–water partition coefficient (Wildman–Crippen LogP) is 8.73. The third-order valence-corrected chi connectivity index (χ3v) is 7.40. The molecule has 0 aliphatic carbocycles. The highest BCUT2D eigenvalue weighted by Gasteiger charge is 2.15. The maximum atomic E-state index is 4.37. The lowest BCUT2D eigenvalue weighted by Crippen LogP contribution is -1.94. The van der Waals surface area contributed by atoms with Crippen molar-refractivity contribution in [2.75, 3.05) is 0 Å². The van der Waals surface area contributed by atoms with Gasteiger partial charge in [0.05, 0.1) is 11.0 Å². The molecule has 0 unspecified atom stereocenters. The standard InChI is InChI=1S/C33H21BrN4/c34-27-6-4-5-24(17-27)22-9-11-23(12-10-22)25-13-15-29-30-16-14-26(33-36-20-35-21-37-33)19-32(30)38(31(29)18-25)28-7-2-1-3-8-28/h1-21H. The smallest absolute Gasteiger partial charge is 0.162 e. The lowest BCUT2D eigenvalue weighted by molar-refractivity contribution is 1.06. The summed E-state index contributed by atoms with van der Waals surface area (Å²) in [4.78, 5) is 12.7. The number of fused-ring (bicyclic) bond motifs is 3. The van der Waals surface area contributed by atoms with Gasteiger partial charge in [-0.2, -0.15) is 0 Å². The molecule has 0 radical (unpaired) electrons. The molecule has 7 rings (SSSR count). The van der Waals surface area contributed by atoms with Crippen LogP contribution in [0.15, 0.2) is 132 Å². The summed E-state index contributed by atoms with van der Waals surface area (Å²) in [6, 6.07) is 40.8. The van der Waals surface area contributed by atoms with Crippen molar-refractivity contribution in [1.82, 2.24) is 19.5 Å². The van der Waals surface area contributed by atoms with Gasteiger partial charge in [0.25, 0.3) is 0 Å². The molecule has 0 N–H and O–H groups in total. The van der Waals surface area contributed by atoms with Gasteiger partial charge in [0.1, 0.15) is 12.7 Å². The highest BCUT2D eigenvalue weighted by Crippen LogP contribution is 2.36. The van der Waals surface area contributed by atoms with Crippen LogP contribution in [0.4, 0.5) is 0 Å². The average Bonchev–Trinajstić information content (AvgIpc) is 3.31. The van der Waals surface area contributed by atoms with Crippen molar-refractivity contribution in [1.29, 1.82) is 0 Å². The van der Waals surface area contributed by atoms with Crippen LogP contribution in [0.3, 0.4) is 0 Å². The topological polar surface area (TPSA) is 43.6 Å². The van der Waals surface area contributed by atoms with Crippen molar-refractivity contribution in [2.24, 2.45) is 0 Å². The normalized spacial score (nSPS) is 11.3. The van der Waals surface area contributed by atoms with Crippen LogP contribution >= 0.6 is 15.9 Å². The summed E-state index contributed by atoms with van der Waals surface area (Å²) in [5.41, 5.74) is 9.10. The van der Waals surface area contributed by atoms with E-state index >= 15 is 0 Å². The van der Waals surface area contributed by atoms with Gasteiger partial charge < -0.3 is 4.57 Å². The molecule has 5 heteroatoms. The van der Waals surface area contributed by atoms with Crippen molar-refractivity contribution in [3.63, 3.8) is 0 Å². The largest absolute Gasteiger partial charge is 0.309 e. The molecule has 180 valence electrons. The van der Waals surface area contributed by atoms with E-state index in [1.54, 1.807) is 0 Å². The van der Waals surface area contributed by atoms with E-state index in [-0.39, 0.29) is 0 Å². The van der Waals surface area contributed by atoms with Gasteiger partial charge in [0, 0.05) is 26.5 Å². The van der Waals surface area contributed by atoms with Gasteiger partial charge in [-0.05, 0) is 58.7 Å². The number of hydrogen-bond donors (Lipinski definition) is 0. The van der Waals surface area contributed by atoms with E-state index in [4.69, 9.17) is 0 Å².